The zero-order valence-electron chi connectivity index (χ0n) is 12.6. The maximum absolute atomic E-state index is 12.2. The Morgan fingerprint density at radius 2 is 2.10 bits per heavy atom. The van der Waals surface area contributed by atoms with Crippen molar-refractivity contribution in [1.82, 2.24) is 10.3 Å². The molecule has 3 unspecified atom stereocenters. The van der Waals surface area contributed by atoms with E-state index in [-0.39, 0.29) is 5.91 Å². The van der Waals surface area contributed by atoms with Crippen molar-refractivity contribution >= 4 is 11.6 Å². The molecule has 1 aromatic rings. The van der Waals surface area contributed by atoms with Crippen LogP contribution in [0.2, 0.25) is 0 Å². The number of nitrogens with one attached hydrogen (secondary N) is 2. The second-order valence-corrected chi connectivity index (χ2v) is 5.90. The Labute approximate surface area is 121 Å². The number of carbonyl (C=O) groups is 1. The first-order valence-corrected chi connectivity index (χ1v) is 7.61. The van der Waals surface area contributed by atoms with Gasteiger partial charge >= 0.3 is 0 Å². The molecule has 0 aromatic carbocycles. The first kappa shape index (κ1) is 14.8. The molecule has 4 nitrogen and oxygen atoms in total. The van der Waals surface area contributed by atoms with Gasteiger partial charge in [0.2, 0.25) is 0 Å². The first-order valence-electron chi connectivity index (χ1n) is 7.61. The van der Waals surface area contributed by atoms with E-state index in [0.29, 0.717) is 17.7 Å². The molecule has 1 saturated carbocycles. The predicted octanol–water partition coefficient (Wildman–Crippen LogP) is 3.07. The highest BCUT2D eigenvalue weighted by molar-refractivity contribution is 5.92. The third-order valence-electron chi connectivity index (χ3n) is 4.31. The molecular weight excluding hydrogens is 250 g/mol. The van der Waals surface area contributed by atoms with Crippen LogP contribution >= 0.6 is 0 Å². The predicted molar refractivity (Wildman–Crippen MR) is 81.8 cm³/mol. The van der Waals surface area contributed by atoms with Gasteiger partial charge in [0, 0.05) is 12.6 Å². The average Bonchev–Trinajstić information content (AvgIpc) is 2.44. The molecule has 0 aliphatic heterocycles. The smallest absolute Gasteiger partial charge is 0.270 e. The summed E-state index contributed by atoms with van der Waals surface area (Å²) in [6, 6.07) is 3.98. The Balaban J connectivity index is 1.91. The summed E-state index contributed by atoms with van der Waals surface area (Å²) in [7, 11) is 0. The van der Waals surface area contributed by atoms with Crippen LogP contribution in [0.3, 0.4) is 0 Å². The molecule has 0 spiro atoms. The van der Waals surface area contributed by atoms with Gasteiger partial charge in [-0.3, -0.25) is 4.79 Å². The maximum Gasteiger partial charge on any atom is 0.270 e. The van der Waals surface area contributed by atoms with E-state index in [0.717, 1.165) is 31.0 Å². The van der Waals surface area contributed by atoms with Crippen LogP contribution in [0.4, 0.5) is 5.69 Å². The van der Waals surface area contributed by atoms with E-state index in [1.165, 1.54) is 6.42 Å². The third kappa shape index (κ3) is 3.71. The largest absolute Gasteiger partial charge is 0.384 e. The van der Waals surface area contributed by atoms with Gasteiger partial charge in [-0.1, -0.05) is 13.8 Å². The highest BCUT2D eigenvalue weighted by Crippen LogP contribution is 2.29. The van der Waals surface area contributed by atoms with Crippen molar-refractivity contribution < 1.29 is 4.79 Å². The van der Waals surface area contributed by atoms with Crippen molar-refractivity contribution in [3.8, 4) is 0 Å². The monoisotopic (exact) mass is 275 g/mol. The summed E-state index contributed by atoms with van der Waals surface area (Å²) in [4.78, 5) is 16.4. The van der Waals surface area contributed by atoms with E-state index in [1.807, 2.05) is 13.0 Å². The van der Waals surface area contributed by atoms with E-state index in [9.17, 15) is 4.79 Å². The van der Waals surface area contributed by atoms with Crippen LogP contribution in [0.15, 0.2) is 18.3 Å². The molecular formula is C16H25N3O. The zero-order chi connectivity index (χ0) is 14.5. The van der Waals surface area contributed by atoms with Crippen molar-refractivity contribution in [2.45, 2.75) is 46.1 Å². The Morgan fingerprint density at radius 1 is 1.30 bits per heavy atom. The number of carbonyl (C=O) groups excluding carboxylic acids is 1. The van der Waals surface area contributed by atoms with Gasteiger partial charge in [-0.25, -0.2) is 4.98 Å². The van der Waals surface area contributed by atoms with Crippen LogP contribution in [0.25, 0.3) is 0 Å². The van der Waals surface area contributed by atoms with E-state index < -0.39 is 0 Å². The van der Waals surface area contributed by atoms with E-state index >= 15 is 0 Å². The minimum atomic E-state index is -0.0557. The molecule has 0 bridgehead atoms. The summed E-state index contributed by atoms with van der Waals surface area (Å²) in [5.74, 6) is 1.39. The number of anilines is 1. The summed E-state index contributed by atoms with van der Waals surface area (Å²) in [6.07, 6.45) is 5.05. The second kappa shape index (κ2) is 6.73. The van der Waals surface area contributed by atoms with E-state index in [4.69, 9.17) is 0 Å². The maximum atomic E-state index is 12.2. The fourth-order valence-electron chi connectivity index (χ4n) is 2.77. The van der Waals surface area contributed by atoms with Crippen molar-refractivity contribution in [2.24, 2.45) is 11.8 Å². The van der Waals surface area contributed by atoms with Crippen LogP contribution in [0, 0.1) is 11.8 Å². The van der Waals surface area contributed by atoms with Gasteiger partial charge in [0.1, 0.15) is 5.69 Å². The minimum absolute atomic E-state index is 0.0557. The molecule has 3 atom stereocenters. The van der Waals surface area contributed by atoms with Gasteiger partial charge in [-0.15, -0.1) is 0 Å². The standard InChI is InChI=1S/C16H25N3O/c1-4-17-14-7-8-15(18-10-14)16(20)19-13-6-5-11(2)12(3)9-13/h7-8,10-13,17H,4-6,9H2,1-3H3,(H,19,20). The van der Waals surface area contributed by atoms with Gasteiger partial charge in [0.25, 0.3) is 5.91 Å². The molecule has 1 aromatic heterocycles. The Kier molecular flexibility index (Phi) is 4.99. The minimum Gasteiger partial charge on any atom is -0.384 e. The molecule has 1 aliphatic carbocycles. The quantitative estimate of drug-likeness (QED) is 0.888. The zero-order valence-corrected chi connectivity index (χ0v) is 12.6. The summed E-state index contributed by atoms with van der Waals surface area (Å²) in [5, 5.41) is 6.29. The topological polar surface area (TPSA) is 54.0 Å². The molecule has 4 heteroatoms. The first-order chi connectivity index (χ1) is 9.60. The molecule has 20 heavy (non-hydrogen) atoms. The number of aromatic nitrogens is 1. The van der Waals surface area contributed by atoms with Crippen molar-refractivity contribution in [3.63, 3.8) is 0 Å². The Morgan fingerprint density at radius 3 is 2.70 bits per heavy atom. The molecule has 1 amide bonds. The van der Waals surface area contributed by atoms with Crippen LogP contribution in [0.5, 0.6) is 0 Å². The normalized spacial score (nSPS) is 26.1. The van der Waals surface area contributed by atoms with E-state index in [1.54, 1.807) is 12.3 Å². The third-order valence-corrected chi connectivity index (χ3v) is 4.31. The lowest BCUT2D eigenvalue weighted by molar-refractivity contribution is 0.0905. The number of pyridine rings is 1. The molecule has 0 saturated heterocycles. The number of nitrogens with zero attached hydrogens (tertiary/aromatic N) is 1. The van der Waals surface area contributed by atoms with Crippen molar-refractivity contribution in [2.75, 3.05) is 11.9 Å². The Hall–Kier alpha value is -1.58. The number of rotatable bonds is 4. The SMILES string of the molecule is CCNc1ccc(C(=O)NC2CCC(C)C(C)C2)nc1. The molecule has 2 N–H and O–H groups in total. The van der Waals surface area contributed by atoms with Gasteiger partial charge in [0.05, 0.1) is 11.9 Å². The molecule has 110 valence electrons. The number of hydrogen-bond donors (Lipinski definition) is 2. The Bertz CT molecular complexity index is 444. The van der Waals surface area contributed by atoms with Gasteiger partial charge < -0.3 is 10.6 Å². The van der Waals surface area contributed by atoms with Crippen molar-refractivity contribution in [3.05, 3.63) is 24.0 Å². The molecule has 1 aliphatic rings. The lowest BCUT2D eigenvalue weighted by Gasteiger charge is -2.32. The van der Waals surface area contributed by atoms with E-state index in [2.05, 4.69) is 29.5 Å². The summed E-state index contributed by atoms with van der Waals surface area (Å²) >= 11 is 0. The lowest BCUT2D eigenvalue weighted by Crippen LogP contribution is -2.40. The molecule has 0 radical (unpaired) electrons. The fraction of sp³-hybridized carbons (Fsp3) is 0.625. The van der Waals surface area contributed by atoms with Gasteiger partial charge in [0.15, 0.2) is 0 Å². The number of hydrogen-bond acceptors (Lipinski definition) is 3. The van der Waals surface area contributed by atoms with Crippen molar-refractivity contribution in [1.29, 1.82) is 0 Å². The summed E-state index contributed by atoms with van der Waals surface area (Å²) in [5.41, 5.74) is 1.45. The molecule has 1 fully saturated rings. The molecule has 1 heterocycles. The van der Waals surface area contributed by atoms with Gasteiger partial charge in [-0.2, -0.15) is 0 Å². The average molecular weight is 275 g/mol. The van der Waals surface area contributed by atoms with Crippen LogP contribution in [0.1, 0.15) is 50.5 Å². The fourth-order valence-corrected chi connectivity index (χ4v) is 2.77. The van der Waals surface area contributed by atoms with Crippen LogP contribution < -0.4 is 10.6 Å². The number of amides is 1. The summed E-state index contributed by atoms with van der Waals surface area (Å²) in [6.45, 7) is 7.45. The van der Waals surface area contributed by atoms with Crippen LogP contribution in [-0.4, -0.2) is 23.5 Å². The summed E-state index contributed by atoms with van der Waals surface area (Å²) < 4.78 is 0. The highest BCUT2D eigenvalue weighted by Gasteiger charge is 2.25. The lowest BCUT2D eigenvalue weighted by atomic mass is 9.79. The van der Waals surface area contributed by atoms with Gasteiger partial charge in [-0.05, 0) is 50.2 Å². The second-order valence-electron chi connectivity index (χ2n) is 5.90. The van der Waals surface area contributed by atoms with Crippen LogP contribution in [-0.2, 0) is 0 Å². The highest BCUT2D eigenvalue weighted by atomic mass is 16.1. The molecule has 2 rings (SSSR count).